The summed E-state index contributed by atoms with van der Waals surface area (Å²) in [7, 11) is 0. The van der Waals surface area contributed by atoms with Gasteiger partial charge in [-0.3, -0.25) is 0 Å². The van der Waals surface area contributed by atoms with Gasteiger partial charge >= 0.3 is 0 Å². The average molecular weight is 297 g/mol. The highest BCUT2D eigenvalue weighted by Gasteiger charge is 2.19. The molecular formula is C13H14Cl2N4. The van der Waals surface area contributed by atoms with E-state index in [2.05, 4.69) is 35.7 Å². The minimum atomic E-state index is -0.134. The summed E-state index contributed by atoms with van der Waals surface area (Å²) < 4.78 is 0. The highest BCUT2D eigenvalue weighted by atomic mass is 35.5. The lowest BCUT2D eigenvalue weighted by Crippen LogP contribution is -2.15. The number of hydrogen-bond donors (Lipinski definition) is 1. The molecule has 0 spiro atoms. The summed E-state index contributed by atoms with van der Waals surface area (Å²) in [5, 5.41) is 0.867. The largest absolute Gasteiger partial charge is 0.384 e. The molecule has 100 valence electrons. The van der Waals surface area contributed by atoms with E-state index in [0.717, 1.165) is 5.69 Å². The van der Waals surface area contributed by atoms with Crippen LogP contribution in [-0.4, -0.2) is 15.0 Å². The summed E-state index contributed by atoms with van der Waals surface area (Å²) in [6.45, 7) is 6.15. The summed E-state index contributed by atoms with van der Waals surface area (Å²) in [4.78, 5) is 12.8. The Morgan fingerprint density at radius 2 is 1.79 bits per heavy atom. The molecule has 2 aromatic rings. The van der Waals surface area contributed by atoms with Crippen molar-refractivity contribution >= 4 is 29.0 Å². The number of pyridine rings is 1. The fraction of sp³-hybridized carbons (Fsp3) is 0.308. The Morgan fingerprint density at radius 3 is 2.37 bits per heavy atom. The first-order chi connectivity index (χ1) is 8.77. The van der Waals surface area contributed by atoms with Crippen molar-refractivity contribution in [3.8, 4) is 11.5 Å². The van der Waals surface area contributed by atoms with Crippen LogP contribution in [0.4, 0.5) is 5.82 Å². The van der Waals surface area contributed by atoms with Crippen molar-refractivity contribution in [3.05, 3.63) is 34.1 Å². The van der Waals surface area contributed by atoms with Crippen LogP contribution in [-0.2, 0) is 5.41 Å². The molecular weight excluding hydrogens is 283 g/mol. The van der Waals surface area contributed by atoms with Crippen LogP contribution in [0.3, 0.4) is 0 Å². The second-order valence-corrected chi connectivity index (χ2v) is 6.08. The summed E-state index contributed by atoms with van der Waals surface area (Å²) in [6, 6.07) is 3.36. The zero-order valence-electron chi connectivity index (χ0n) is 10.9. The number of halogens is 2. The number of anilines is 1. The van der Waals surface area contributed by atoms with Crippen molar-refractivity contribution in [1.82, 2.24) is 15.0 Å². The van der Waals surface area contributed by atoms with E-state index < -0.39 is 0 Å². The molecule has 19 heavy (non-hydrogen) atoms. The van der Waals surface area contributed by atoms with Crippen LogP contribution >= 0.6 is 23.2 Å². The Bertz CT molecular complexity index is 621. The van der Waals surface area contributed by atoms with E-state index in [4.69, 9.17) is 28.9 Å². The van der Waals surface area contributed by atoms with Gasteiger partial charge in [0.15, 0.2) is 5.82 Å². The van der Waals surface area contributed by atoms with Crippen LogP contribution in [0.1, 0.15) is 26.5 Å². The number of nitrogens with two attached hydrogens (primary N) is 1. The van der Waals surface area contributed by atoms with Crippen molar-refractivity contribution in [1.29, 1.82) is 0 Å². The zero-order valence-corrected chi connectivity index (χ0v) is 12.4. The lowest BCUT2D eigenvalue weighted by atomic mass is 9.92. The van der Waals surface area contributed by atoms with Crippen molar-refractivity contribution in [2.45, 2.75) is 26.2 Å². The molecule has 0 aliphatic carbocycles. The van der Waals surface area contributed by atoms with E-state index in [9.17, 15) is 0 Å². The van der Waals surface area contributed by atoms with Gasteiger partial charge in [0.1, 0.15) is 11.5 Å². The molecule has 2 aromatic heterocycles. The third kappa shape index (κ3) is 3.14. The maximum atomic E-state index is 6.12. The third-order valence-corrected chi connectivity index (χ3v) is 3.03. The number of nitrogens with zero attached hydrogens (tertiary/aromatic N) is 3. The van der Waals surface area contributed by atoms with Gasteiger partial charge in [-0.25, -0.2) is 15.0 Å². The van der Waals surface area contributed by atoms with Crippen molar-refractivity contribution in [2.24, 2.45) is 0 Å². The molecule has 0 saturated heterocycles. The Morgan fingerprint density at radius 1 is 1.11 bits per heavy atom. The van der Waals surface area contributed by atoms with Crippen molar-refractivity contribution in [2.75, 3.05) is 5.73 Å². The van der Waals surface area contributed by atoms with Crippen LogP contribution in [0.25, 0.3) is 11.5 Å². The molecule has 0 saturated carbocycles. The predicted octanol–water partition coefficient (Wildman–Crippen LogP) is 3.73. The van der Waals surface area contributed by atoms with Gasteiger partial charge in [0.05, 0.1) is 15.7 Å². The van der Waals surface area contributed by atoms with Gasteiger partial charge in [-0.15, -0.1) is 0 Å². The summed E-state index contributed by atoms with van der Waals surface area (Å²) in [5.41, 5.74) is 7.00. The van der Waals surface area contributed by atoms with E-state index in [1.807, 2.05) is 0 Å². The normalized spacial score (nSPS) is 11.6. The molecule has 0 fully saturated rings. The van der Waals surface area contributed by atoms with E-state index in [1.165, 1.54) is 6.20 Å². The molecule has 0 aliphatic rings. The zero-order chi connectivity index (χ0) is 14.2. The van der Waals surface area contributed by atoms with E-state index in [-0.39, 0.29) is 5.41 Å². The Hall–Kier alpha value is -1.39. The topological polar surface area (TPSA) is 64.7 Å². The second kappa shape index (κ2) is 4.94. The Balaban J connectivity index is 2.59. The third-order valence-electron chi connectivity index (χ3n) is 2.53. The number of hydrogen-bond acceptors (Lipinski definition) is 4. The summed E-state index contributed by atoms with van der Waals surface area (Å²) in [6.07, 6.45) is 1.51. The fourth-order valence-corrected chi connectivity index (χ4v) is 2.00. The molecule has 0 aliphatic heterocycles. The fourth-order valence-electron chi connectivity index (χ4n) is 1.54. The Labute approximate surface area is 122 Å². The molecule has 6 heteroatoms. The van der Waals surface area contributed by atoms with Crippen molar-refractivity contribution in [3.63, 3.8) is 0 Å². The number of aromatic nitrogens is 3. The molecule has 4 nitrogen and oxygen atoms in total. The smallest absolute Gasteiger partial charge is 0.181 e. The maximum Gasteiger partial charge on any atom is 0.181 e. The SMILES string of the molecule is CC(C)(C)c1cc(N)nc(-c2ncc(Cl)cc2Cl)n1. The quantitative estimate of drug-likeness (QED) is 0.871. The van der Waals surface area contributed by atoms with E-state index in [1.54, 1.807) is 12.1 Å². The summed E-state index contributed by atoms with van der Waals surface area (Å²) >= 11 is 11.9. The van der Waals surface area contributed by atoms with Gasteiger partial charge < -0.3 is 5.73 Å². The van der Waals surface area contributed by atoms with Gasteiger partial charge in [-0.05, 0) is 6.07 Å². The molecule has 0 radical (unpaired) electrons. The molecule has 0 amide bonds. The molecule has 0 aromatic carbocycles. The maximum absolute atomic E-state index is 6.12. The minimum Gasteiger partial charge on any atom is -0.384 e. The van der Waals surface area contributed by atoms with Gasteiger partial charge in [0.25, 0.3) is 0 Å². The highest BCUT2D eigenvalue weighted by Crippen LogP contribution is 2.28. The lowest BCUT2D eigenvalue weighted by Gasteiger charge is -2.18. The van der Waals surface area contributed by atoms with E-state index in [0.29, 0.717) is 27.4 Å². The molecule has 2 N–H and O–H groups in total. The molecule has 0 unspecified atom stereocenters. The molecule has 2 heterocycles. The average Bonchev–Trinajstić information content (AvgIpc) is 2.26. The predicted molar refractivity (Wildman–Crippen MR) is 78.4 cm³/mol. The van der Waals surface area contributed by atoms with E-state index >= 15 is 0 Å². The molecule has 0 atom stereocenters. The monoisotopic (exact) mass is 296 g/mol. The van der Waals surface area contributed by atoms with Gasteiger partial charge in [-0.2, -0.15) is 0 Å². The first-order valence-electron chi connectivity index (χ1n) is 5.74. The molecule has 0 bridgehead atoms. The lowest BCUT2D eigenvalue weighted by molar-refractivity contribution is 0.568. The number of rotatable bonds is 1. The minimum absolute atomic E-state index is 0.134. The summed E-state index contributed by atoms with van der Waals surface area (Å²) in [5.74, 6) is 0.800. The Kier molecular flexibility index (Phi) is 3.65. The second-order valence-electron chi connectivity index (χ2n) is 5.24. The van der Waals surface area contributed by atoms with Crippen LogP contribution in [0, 0.1) is 0 Å². The number of nitrogen functional groups attached to an aromatic ring is 1. The van der Waals surface area contributed by atoms with Crippen LogP contribution in [0.5, 0.6) is 0 Å². The van der Waals surface area contributed by atoms with Crippen LogP contribution in [0.15, 0.2) is 18.3 Å². The standard InChI is InChI=1S/C13H14Cl2N4/c1-13(2,3)9-5-10(16)19-12(18-9)11-8(15)4-7(14)6-17-11/h4-6H,1-3H3,(H2,16,18,19). The highest BCUT2D eigenvalue weighted by molar-refractivity contribution is 6.35. The van der Waals surface area contributed by atoms with Gasteiger partial charge in [-0.1, -0.05) is 44.0 Å². The first kappa shape index (κ1) is 14.0. The van der Waals surface area contributed by atoms with Gasteiger partial charge in [0, 0.05) is 17.7 Å². The van der Waals surface area contributed by atoms with Gasteiger partial charge in [0.2, 0.25) is 0 Å². The molecule has 2 rings (SSSR count). The van der Waals surface area contributed by atoms with Crippen LogP contribution < -0.4 is 5.73 Å². The first-order valence-corrected chi connectivity index (χ1v) is 6.49. The van der Waals surface area contributed by atoms with Crippen LogP contribution in [0.2, 0.25) is 10.0 Å². The van der Waals surface area contributed by atoms with Crippen molar-refractivity contribution < 1.29 is 0 Å².